The number of nitrogens with one attached hydrogen (secondary N) is 1. The smallest absolute Gasteiger partial charge is 0.296 e. The quantitative estimate of drug-likeness (QED) is 0.744. The van der Waals surface area contributed by atoms with Crippen molar-refractivity contribution in [1.29, 1.82) is 0 Å². The normalized spacial score (nSPS) is 14.6. The van der Waals surface area contributed by atoms with Crippen molar-refractivity contribution in [1.82, 2.24) is 0 Å². The van der Waals surface area contributed by atoms with Crippen molar-refractivity contribution < 1.29 is 18.0 Å². The van der Waals surface area contributed by atoms with Crippen molar-refractivity contribution in [2.75, 3.05) is 5.32 Å². The average Bonchev–Trinajstić information content (AvgIpc) is 2.64. The number of anilines is 1. The van der Waals surface area contributed by atoms with Gasteiger partial charge in [0.1, 0.15) is 0 Å². The maximum atomic E-state index is 11.6. The zero-order valence-electron chi connectivity index (χ0n) is 9.51. The Morgan fingerprint density at radius 2 is 1.74 bits per heavy atom. The first-order valence-electron chi connectivity index (χ1n) is 5.34. The van der Waals surface area contributed by atoms with E-state index in [1.54, 1.807) is 6.07 Å². The molecule has 0 aromatic heterocycles. The molecular weight excluding hydrogens is 268 g/mol. The number of rotatable bonds is 1. The summed E-state index contributed by atoms with van der Waals surface area (Å²) in [5.41, 5.74) is 0.571. The van der Waals surface area contributed by atoms with Crippen molar-refractivity contribution >= 4 is 38.2 Å². The van der Waals surface area contributed by atoms with Gasteiger partial charge >= 0.3 is 0 Å². The van der Waals surface area contributed by atoms with Crippen LogP contribution in [0.5, 0.6) is 0 Å². The molecule has 0 spiro atoms. The second-order valence-corrected chi connectivity index (χ2v) is 5.70. The van der Waals surface area contributed by atoms with E-state index < -0.39 is 21.7 Å². The molecule has 1 heterocycles. The average molecular weight is 276 g/mol. The lowest BCUT2D eigenvalue weighted by molar-refractivity contribution is -0.112. The van der Waals surface area contributed by atoms with Crippen molar-refractivity contribution in [3.8, 4) is 0 Å². The molecule has 3 rings (SSSR count). The molecule has 0 bridgehead atoms. The summed E-state index contributed by atoms with van der Waals surface area (Å²) in [5, 5.41) is 8.43. The van der Waals surface area contributed by atoms with Gasteiger partial charge in [-0.1, -0.05) is 18.2 Å². The first kappa shape index (κ1) is 11.8. The number of ketones is 1. The standard InChI is InChI=1S/C12H8N2O4S/c13-19(17,18)9-3-1-2-7-6(9)4-5-8-10(7)14-12(16)11(8)15/h1-5H,(H2,13,17,18)(H,14,15,16). The van der Waals surface area contributed by atoms with Crippen LogP contribution >= 0.6 is 0 Å². The zero-order valence-corrected chi connectivity index (χ0v) is 10.3. The highest BCUT2D eigenvalue weighted by atomic mass is 32.2. The summed E-state index contributed by atoms with van der Waals surface area (Å²) >= 11 is 0. The molecule has 0 fully saturated rings. The number of primary sulfonamides is 1. The molecule has 2 aromatic rings. The van der Waals surface area contributed by atoms with E-state index in [0.29, 0.717) is 16.5 Å². The number of fused-ring (bicyclic) bond motifs is 3. The number of hydrogen-bond acceptors (Lipinski definition) is 4. The van der Waals surface area contributed by atoms with Gasteiger partial charge in [0.05, 0.1) is 16.1 Å². The van der Waals surface area contributed by atoms with Gasteiger partial charge in [-0.2, -0.15) is 0 Å². The van der Waals surface area contributed by atoms with Crippen molar-refractivity contribution in [2.24, 2.45) is 5.14 Å². The third-order valence-electron chi connectivity index (χ3n) is 3.02. The van der Waals surface area contributed by atoms with Crippen molar-refractivity contribution in [2.45, 2.75) is 4.90 Å². The molecule has 1 amide bonds. The number of nitrogens with two attached hydrogens (primary N) is 1. The van der Waals surface area contributed by atoms with Gasteiger partial charge in [0.2, 0.25) is 10.0 Å². The number of Topliss-reactive ketones (excluding diaryl/α,β-unsaturated/α-hetero) is 1. The summed E-state index contributed by atoms with van der Waals surface area (Å²) in [6.45, 7) is 0. The van der Waals surface area contributed by atoms with Crippen molar-refractivity contribution in [3.05, 3.63) is 35.9 Å². The largest absolute Gasteiger partial charge is 0.318 e. The number of benzene rings is 2. The Kier molecular flexibility index (Phi) is 2.25. The lowest BCUT2D eigenvalue weighted by Crippen LogP contribution is -2.12. The maximum Gasteiger partial charge on any atom is 0.296 e. The van der Waals surface area contributed by atoms with Gasteiger partial charge in [0.25, 0.3) is 11.7 Å². The molecule has 0 radical (unpaired) electrons. The lowest BCUT2D eigenvalue weighted by atomic mass is 10.0. The van der Waals surface area contributed by atoms with Crippen LogP contribution in [0.1, 0.15) is 10.4 Å². The molecule has 6 nitrogen and oxygen atoms in total. The highest BCUT2D eigenvalue weighted by Crippen LogP contribution is 2.34. The van der Waals surface area contributed by atoms with Gasteiger partial charge in [-0.25, -0.2) is 13.6 Å². The first-order chi connectivity index (χ1) is 8.89. The van der Waals surface area contributed by atoms with Crippen LogP contribution in [0.3, 0.4) is 0 Å². The second-order valence-electron chi connectivity index (χ2n) is 4.17. The number of sulfonamides is 1. The summed E-state index contributed by atoms with van der Waals surface area (Å²) < 4.78 is 23.0. The molecule has 1 aliphatic heterocycles. The summed E-state index contributed by atoms with van der Waals surface area (Å²) in [4.78, 5) is 22.9. The fraction of sp³-hybridized carbons (Fsp3) is 0. The van der Waals surface area contributed by atoms with E-state index in [9.17, 15) is 18.0 Å². The molecular formula is C12H8N2O4S. The highest BCUT2D eigenvalue weighted by molar-refractivity contribution is 7.89. The fourth-order valence-electron chi connectivity index (χ4n) is 2.19. The summed E-state index contributed by atoms with van der Waals surface area (Å²) in [6.07, 6.45) is 0. The molecule has 0 unspecified atom stereocenters. The molecule has 96 valence electrons. The molecule has 0 saturated carbocycles. The molecule has 1 aliphatic rings. The van der Waals surface area contributed by atoms with E-state index >= 15 is 0 Å². The topological polar surface area (TPSA) is 106 Å². The molecule has 19 heavy (non-hydrogen) atoms. The zero-order chi connectivity index (χ0) is 13.8. The van der Waals surface area contributed by atoms with Crippen LogP contribution in [0.2, 0.25) is 0 Å². The Morgan fingerprint density at radius 1 is 1.00 bits per heavy atom. The molecule has 2 aromatic carbocycles. The Hall–Kier alpha value is -2.25. The van der Waals surface area contributed by atoms with Crippen molar-refractivity contribution in [3.63, 3.8) is 0 Å². The van der Waals surface area contributed by atoms with Gasteiger partial charge in [0, 0.05) is 10.8 Å². The fourth-order valence-corrected chi connectivity index (χ4v) is 2.95. The summed E-state index contributed by atoms with van der Waals surface area (Å²) in [6, 6.07) is 7.42. The van der Waals surface area contributed by atoms with Gasteiger partial charge in [-0.05, 0) is 12.1 Å². The van der Waals surface area contributed by atoms with Crippen LogP contribution < -0.4 is 10.5 Å². The maximum absolute atomic E-state index is 11.6. The molecule has 0 saturated heterocycles. The Bertz CT molecular complexity index is 855. The summed E-state index contributed by atoms with van der Waals surface area (Å²) in [7, 11) is -3.87. The molecule has 0 atom stereocenters. The molecule has 3 N–H and O–H groups in total. The first-order valence-corrected chi connectivity index (χ1v) is 6.88. The van der Waals surface area contributed by atoms with Gasteiger partial charge in [-0.3, -0.25) is 9.59 Å². The number of amides is 1. The Morgan fingerprint density at radius 3 is 2.42 bits per heavy atom. The minimum Gasteiger partial charge on any atom is -0.318 e. The minimum atomic E-state index is -3.87. The van der Waals surface area contributed by atoms with E-state index in [4.69, 9.17) is 5.14 Å². The van der Waals surface area contributed by atoms with Crippen LogP contribution in [0.25, 0.3) is 10.8 Å². The van der Waals surface area contributed by atoms with Crippen LogP contribution in [-0.2, 0) is 14.8 Å². The minimum absolute atomic E-state index is 0.0404. The Balaban J connectivity index is 2.44. The van der Waals surface area contributed by atoms with Gasteiger partial charge < -0.3 is 5.32 Å². The van der Waals surface area contributed by atoms with Crippen LogP contribution in [0.15, 0.2) is 35.2 Å². The van der Waals surface area contributed by atoms with Crippen LogP contribution in [0, 0.1) is 0 Å². The van der Waals surface area contributed by atoms with Crippen LogP contribution in [-0.4, -0.2) is 20.1 Å². The van der Waals surface area contributed by atoms with E-state index in [-0.39, 0.29) is 10.5 Å². The van der Waals surface area contributed by atoms with E-state index in [2.05, 4.69) is 5.32 Å². The molecule has 7 heteroatoms. The third kappa shape index (κ3) is 1.63. The van der Waals surface area contributed by atoms with Crippen LogP contribution in [0.4, 0.5) is 5.69 Å². The van der Waals surface area contributed by atoms with Gasteiger partial charge in [-0.15, -0.1) is 0 Å². The van der Waals surface area contributed by atoms with E-state index in [0.717, 1.165) is 0 Å². The summed E-state index contributed by atoms with van der Waals surface area (Å²) in [5.74, 6) is -1.35. The predicted molar refractivity (Wildman–Crippen MR) is 68.3 cm³/mol. The van der Waals surface area contributed by atoms with E-state index in [1.807, 2.05) is 0 Å². The number of carbonyl (C=O) groups excluding carboxylic acids is 2. The molecule has 0 aliphatic carbocycles. The SMILES string of the molecule is NS(=O)(=O)c1cccc2c3c(ccc12)C(=O)C(=O)N3. The number of hydrogen-bond donors (Lipinski definition) is 2. The Labute approximate surface area is 108 Å². The number of carbonyl (C=O) groups is 2. The highest BCUT2D eigenvalue weighted by Gasteiger charge is 2.30. The second kappa shape index (κ2) is 3.62. The monoisotopic (exact) mass is 276 g/mol. The predicted octanol–water partition coefficient (Wildman–Crippen LogP) is 0.622. The van der Waals surface area contributed by atoms with E-state index in [1.165, 1.54) is 24.3 Å². The third-order valence-corrected chi connectivity index (χ3v) is 3.99. The van der Waals surface area contributed by atoms with Gasteiger partial charge in [0.15, 0.2) is 0 Å². The lowest BCUT2D eigenvalue weighted by Gasteiger charge is -2.07.